The third kappa shape index (κ3) is 48.0. The molecule has 0 aliphatic rings. The van der Waals surface area contributed by atoms with E-state index in [1.165, 1.54) is 538 Å². The molecule has 0 atom stereocenters. The van der Waals surface area contributed by atoms with Crippen LogP contribution in [0.3, 0.4) is 0 Å². The molecule has 0 radical (unpaired) electrons. The van der Waals surface area contributed by atoms with Crippen LogP contribution in [0.4, 0.5) is 0 Å². The van der Waals surface area contributed by atoms with E-state index in [9.17, 15) is 5.11 Å². The van der Waals surface area contributed by atoms with Crippen LogP contribution < -0.4 is 0 Å². The van der Waals surface area contributed by atoms with E-state index in [-0.39, 0.29) is 10.7 Å². The summed E-state index contributed by atoms with van der Waals surface area (Å²) in [5.74, 6) is 5.23. The Balaban J connectivity index is 5.21. The molecule has 0 aromatic heterocycles. The summed E-state index contributed by atoms with van der Waals surface area (Å²) in [7, 11) is -4.34. The molecular weight excluding hydrogens is 1370 g/mol. The van der Waals surface area contributed by atoms with E-state index in [0.717, 1.165) is 35.9 Å². The number of phenolic OH excluding ortho intramolecular Hbond substituents is 1. The molecule has 0 spiro atoms. The van der Waals surface area contributed by atoms with Crippen LogP contribution in [0.5, 0.6) is 5.75 Å². The lowest BCUT2D eigenvalue weighted by atomic mass is 9.76. The predicted octanol–water partition coefficient (Wildman–Crippen LogP) is 38.8. The summed E-state index contributed by atoms with van der Waals surface area (Å²) in [6.07, 6.45) is 111. The minimum Gasteiger partial charge on any atom is -0.507 e. The number of carbonyl (C=O) groups is 1. The largest absolute Gasteiger partial charge is 0.507 e. The zero-order chi connectivity index (χ0) is 80.9. The van der Waals surface area contributed by atoms with Gasteiger partial charge in [0.15, 0.2) is 0 Å². The first kappa shape index (κ1) is 108. The van der Waals surface area contributed by atoms with Crippen molar-refractivity contribution in [3.05, 3.63) is 27.8 Å². The second kappa shape index (κ2) is 75.1. The minimum absolute atomic E-state index is 0.0882. The number of unbranched alkanes of at least 4 members (excludes halogenated alkanes) is 72. The lowest BCUT2D eigenvalue weighted by Gasteiger charge is -2.88. The van der Waals surface area contributed by atoms with Crippen molar-refractivity contribution in [2.45, 2.75) is 620 Å². The molecule has 1 N–H and O–H groups in total. The maximum atomic E-state index is 16.4. The number of hydrogen-bond donors (Lipinski definition) is 1. The molecule has 0 amide bonds. The first-order chi connectivity index (χ1) is 54.4. The van der Waals surface area contributed by atoms with E-state index in [4.69, 9.17) is 4.18 Å². The average Bonchev–Trinajstić information content (AvgIpc) is 0.639. The number of aromatic hydroxyl groups is 1. The van der Waals surface area contributed by atoms with Crippen LogP contribution in [0.1, 0.15) is 617 Å². The van der Waals surface area contributed by atoms with Crippen LogP contribution >= 0.6 is 8.58 Å². The van der Waals surface area contributed by atoms with Gasteiger partial charge in [-0.1, -0.05) is 531 Å². The quantitative estimate of drug-likeness (QED) is 0.0661. The molecule has 0 saturated carbocycles. The molecule has 1 rings (SSSR count). The molecule has 0 aliphatic heterocycles. The van der Waals surface area contributed by atoms with Gasteiger partial charge in [0.1, 0.15) is 5.75 Å². The van der Waals surface area contributed by atoms with E-state index < -0.39 is 8.58 Å². The van der Waals surface area contributed by atoms with E-state index >= 15 is 4.79 Å². The Morgan fingerprint density at radius 1 is 0.243 bits per heavy atom. The van der Waals surface area contributed by atoms with Crippen LogP contribution in [0, 0.1) is 13.8 Å². The average molecular weight is 1580 g/mol. The second-order valence-corrected chi connectivity index (χ2v) is 45.4. The Hall–Kier alpha value is -1.16. The summed E-state index contributed by atoms with van der Waals surface area (Å²) in [5.41, 5.74) is 7.30. The number of rotatable bonds is 91. The number of hydrogen-bond acceptors (Lipinski definition) is 3. The number of benzene rings is 1. The van der Waals surface area contributed by atoms with Crippen LogP contribution in [-0.2, 0) is 26.6 Å². The molecule has 4 heteroatoms. The summed E-state index contributed by atoms with van der Waals surface area (Å²) >= 11 is 0. The molecular formula is C107H210O3S. The topological polar surface area (TPSA) is 46.5 Å². The van der Waals surface area contributed by atoms with E-state index in [1.54, 1.807) is 16.7 Å². The van der Waals surface area contributed by atoms with Gasteiger partial charge in [-0.05, 0) is 129 Å². The lowest BCUT2D eigenvalue weighted by Crippen LogP contribution is -2.64. The van der Waals surface area contributed by atoms with Crippen LogP contribution in [0.25, 0.3) is 0 Å². The first-order valence-electron chi connectivity index (χ1n) is 52.5. The highest BCUT2D eigenvalue weighted by molar-refractivity contribution is 8.62. The van der Waals surface area contributed by atoms with Gasteiger partial charge < -0.3 is 9.29 Å². The fourth-order valence-corrected chi connectivity index (χ4v) is 32.1. The Labute approximate surface area is 701 Å². The molecule has 0 aliphatic carbocycles. The maximum Gasteiger partial charge on any atom is 0.311 e. The van der Waals surface area contributed by atoms with Gasteiger partial charge in [0.25, 0.3) is 0 Å². The van der Waals surface area contributed by atoms with Crippen molar-refractivity contribution < 1.29 is 14.1 Å². The summed E-state index contributed by atoms with van der Waals surface area (Å²) < 4.78 is 8.77. The maximum absolute atomic E-state index is 16.4. The summed E-state index contributed by atoms with van der Waals surface area (Å²) in [6, 6.07) is 0. The molecule has 3 nitrogen and oxygen atoms in total. The van der Waals surface area contributed by atoms with E-state index in [0.29, 0.717) is 5.75 Å². The smallest absolute Gasteiger partial charge is 0.311 e. The first-order valence-corrected chi connectivity index (χ1v) is 55.5. The van der Waals surface area contributed by atoms with Gasteiger partial charge in [-0.2, -0.15) is 8.58 Å². The highest BCUT2D eigenvalue weighted by atomic mass is 32.4. The molecule has 111 heavy (non-hydrogen) atoms. The Kier molecular flexibility index (Phi) is 72.9. The van der Waals surface area contributed by atoms with Crippen molar-refractivity contribution in [3.8, 4) is 5.75 Å². The Bertz CT molecular complexity index is 1970. The zero-order valence-electron chi connectivity index (χ0n) is 78.9. The predicted molar refractivity (Wildman–Crippen MR) is 509 cm³/mol. The number of carbonyl (C=O) groups excluding carboxylic acids is 1. The van der Waals surface area contributed by atoms with Crippen molar-refractivity contribution in [2.24, 2.45) is 0 Å². The molecule has 0 saturated heterocycles. The van der Waals surface area contributed by atoms with Gasteiger partial charge in [-0.15, -0.1) is 0 Å². The Morgan fingerprint density at radius 2 is 0.396 bits per heavy atom. The monoisotopic (exact) mass is 1580 g/mol. The molecule has 0 heterocycles. The second-order valence-electron chi connectivity index (χ2n) is 38.1. The third-order valence-corrected chi connectivity index (χ3v) is 38.3. The molecule has 662 valence electrons. The summed E-state index contributed by atoms with van der Waals surface area (Å²) in [5, 5.41) is 13.4. The molecule has 1 aromatic rings. The summed E-state index contributed by atoms with van der Waals surface area (Å²) in [4.78, 5) is 16.4. The van der Waals surface area contributed by atoms with E-state index in [1.807, 2.05) is 6.92 Å². The highest BCUT2D eigenvalue weighted by Crippen LogP contribution is 3.01. The molecule has 0 bridgehead atoms. The van der Waals surface area contributed by atoms with Crippen molar-refractivity contribution in [2.75, 3.05) is 23.0 Å². The van der Waals surface area contributed by atoms with Crippen LogP contribution in [0.2, 0.25) is 0 Å². The van der Waals surface area contributed by atoms with Gasteiger partial charge in [-0.25, -0.2) is 0 Å². The van der Waals surface area contributed by atoms with Gasteiger partial charge in [0, 0.05) is 11.7 Å². The minimum atomic E-state index is -4.34. The van der Waals surface area contributed by atoms with Crippen molar-refractivity contribution in [3.63, 3.8) is 0 Å². The Morgan fingerprint density at radius 3 is 0.568 bits per heavy atom. The van der Waals surface area contributed by atoms with Gasteiger partial charge in [0.05, 0.1) is 0 Å². The fraction of sp³-hybridized carbons (Fsp3) is 0.935. The highest BCUT2D eigenvalue weighted by Gasteiger charge is 2.74. The van der Waals surface area contributed by atoms with Gasteiger partial charge in [0.2, 0.25) is 0 Å². The molecule has 0 unspecified atom stereocenters. The molecule has 0 fully saturated rings. The van der Waals surface area contributed by atoms with Crippen LogP contribution in [-0.4, -0.2) is 34.1 Å². The van der Waals surface area contributed by atoms with E-state index in [2.05, 4.69) is 69.2 Å². The number of phenols is 1. The standard InChI is InChI=1S/C107H210O3S/c1-12-20-28-36-44-52-60-68-76-84-92-103-100(9)106(109)101(10)104(93-85-77-69-61-53-45-37-29-21-13-2)105(103)107(94-86-78-70-62-54-46-38-30-22-14-3,95-87-79-71-63-55-47-39-31-23-15-4)111(110-102(11)108,96-88-80-72-64-56-48-40-32-24-16-5,97-89-81-73-65-57-49-41-33-25-17-6,98-90-82-74-66-58-50-42-34-26-18-7)99-91-83-75-67-59-51-43-35-27-19-8/h109H,12-99H2,1-11H3. The zero-order valence-corrected chi connectivity index (χ0v) is 79.7. The fourth-order valence-electron chi connectivity index (χ4n) is 21.2. The lowest BCUT2D eigenvalue weighted by molar-refractivity contribution is -0.131. The van der Waals surface area contributed by atoms with Gasteiger partial charge >= 0.3 is 5.97 Å². The van der Waals surface area contributed by atoms with Crippen molar-refractivity contribution >= 4 is 14.5 Å². The van der Waals surface area contributed by atoms with Gasteiger partial charge in [-0.3, -0.25) is 4.79 Å². The molecule has 1 aromatic carbocycles. The van der Waals surface area contributed by atoms with Crippen molar-refractivity contribution in [1.29, 1.82) is 0 Å². The summed E-state index contributed by atoms with van der Waals surface area (Å²) in [6.45, 7) is 25.8. The third-order valence-electron chi connectivity index (χ3n) is 28.2. The van der Waals surface area contributed by atoms with Crippen molar-refractivity contribution in [1.82, 2.24) is 0 Å². The normalized spacial score (nSPS) is 12.8. The van der Waals surface area contributed by atoms with Crippen LogP contribution in [0.15, 0.2) is 0 Å². The SMILES string of the molecule is CCCCCCCCCCCCc1c(C)c(O)c(C)c(CCCCCCCCCCCC)c1C(CCCCCCCCCCCC)(CCCCCCCCCCCC)S(CCCCCCCCCCCC)(CCCCCCCCCCCC)(CCCCCCCCCCCC)(CCCCCCCCCCCC)OC(C)=O.